The van der Waals surface area contributed by atoms with Crippen molar-refractivity contribution in [3.05, 3.63) is 65.7 Å². The van der Waals surface area contributed by atoms with Gasteiger partial charge in [0.15, 0.2) is 0 Å². The van der Waals surface area contributed by atoms with Crippen molar-refractivity contribution in [3.63, 3.8) is 0 Å². The second-order valence-electron chi connectivity index (χ2n) is 5.10. The summed E-state index contributed by atoms with van der Waals surface area (Å²) in [6, 6.07) is 16.2. The normalized spacial score (nSPS) is 13.4. The van der Waals surface area contributed by atoms with Crippen LogP contribution in [0.15, 0.2) is 54.6 Å². The Bertz CT molecular complexity index is 601. The fourth-order valence-corrected chi connectivity index (χ4v) is 2.52. The van der Waals surface area contributed by atoms with Crippen LogP contribution in [-0.2, 0) is 6.42 Å². The highest BCUT2D eigenvalue weighted by molar-refractivity contribution is 7.80. The van der Waals surface area contributed by atoms with Crippen LogP contribution < -0.4 is 5.32 Å². The number of carboxylic acid groups (broad SMARTS) is 1. The molecule has 4 nitrogen and oxygen atoms in total. The third kappa shape index (κ3) is 4.51. The van der Waals surface area contributed by atoms with Gasteiger partial charge in [0.25, 0.3) is 0 Å². The number of thiol groups is 1. The average molecular weight is 317 g/mol. The molecule has 0 heterocycles. The van der Waals surface area contributed by atoms with Crippen LogP contribution in [0, 0.1) is 5.92 Å². The lowest BCUT2D eigenvalue weighted by atomic mass is 9.99. The molecule has 0 amide bonds. The molecule has 2 rings (SSSR count). The molecule has 0 aromatic heterocycles. The number of hydrogen-bond donors (Lipinski definition) is 4. The lowest BCUT2D eigenvalue weighted by molar-refractivity contribution is 0.0697. The summed E-state index contributed by atoms with van der Waals surface area (Å²) in [5.41, 5.74) is 2.04. The highest BCUT2D eigenvalue weighted by Crippen LogP contribution is 2.18. The largest absolute Gasteiger partial charge is 0.478 e. The molecule has 2 aromatic rings. The zero-order chi connectivity index (χ0) is 15.9. The van der Waals surface area contributed by atoms with Crippen LogP contribution in [0.5, 0.6) is 0 Å². The molecule has 2 aromatic carbocycles. The van der Waals surface area contributed by atoms with Gasteiger partial charge in [-0.2, -0.15) is 12.6 Å². The third-order valence-corrected chi connectivity index (χ3v) is 3.94. The predicted octanol–water partition coefficient (Wildman–Crippen LogP) is 2.90. The molecule has 0 fully saturated rings. The molecule has 2 unspecified atom stereocenters. The number of hydrogen-bond acceptors (Lipinski definition) is 4. The highest BCUT2D eigenvalue weighted by Gasteiger charge is 2.18. The van der Waals surface area contributed by atoms with Crippen molar-refractivity contribution in [1.29, 1.82) is 0 Å². The molecule has 0 aliphatic carbocycles. The van der Waals surface area contributed by atoms with Crippen LogP contribution in [0.25, 0.3) is 0 Å². The van der Waals surface area contributed by atoms with Gasteiger partial charge in [0.2, 0.25) is 0 Å². The van der Waals surface area contributed by atoms with Gasteiger partial charge in [-0.05, 0) is 42.0 Å². The summed E-state index contributed by atoms with van der Waals surface area (Å²) in [5.74, 6) is -0.481. The molecular weight excluding hydrogens is 298 g/mol. The number of nitrogens with one attached hydrogen (secondary N) is 1. The molecule has 0 saturated heterocycles. The molecule has 0 radical (unpaired) electrons. The van der Waals surface area contributed by atoms with Crippen LogP contribution in [0.1, 0.15) is 15.9 Å². The Morgan fingerprint density at radius 3 is 2.27 bits per heavy atom. The number of aromatic carboxylic acids is 1. The predicted molar refractivity (Wildman–Crippen MR) is 90.5 cm³/mol. The zero-order valence-electron chi connectivity index (χ0n) is 12.0. The van der Waals surface area contributed by atoms with E-state index in [-0.39, 0.29) is 11.5 Å². The van der Waals surface area contributed by atoms with Crippen molar-refractivity contribution in [1.82, 2.24) is 0 Å². The van der Waals surface area contributed by atoms with Gasteiger partial charge in [0, 0.05) is 11.6 Å². The molecule has 0 aliphatic rings. The number of carboxylic acids is 1. The van der Waals surface area contributed by atoms with E-state index in [0.717, 1.165) is 5.56 Å². The SMILES string of the molecule is O=C(O)c1ccc(NC(O)C(CS)Cc2ccccc2)cc1. The second-order valence-corrected chi connectivity index (χ2v) is 5.47. The van der Waals surface area contributed by atoms with E-state index >= 15 is 0 Å². The molecule has 116 valence electrons. The Morgan fingerprint density at radius 2 is 1.73 bits per heavy atom. The van der Waals surface area contributed by atoms with Gasteiger partial charge < -0.3 is 15.5 Å². The van der Waals surface area contributed by atoms with Gasteiger partial charge in [0.1, 0.15) is 6.23 Å². The fraction of sp³-hybridized carbons (Fsp3) is 0.235. The smallest absolute Gasteiger partial charge is 0.335 e. The summed E-state index contributed by atoms with van der Waals surface area (Å²) >= 11 is 4.32. The first-order chi connectivity index (χ1) is 10.6. The molecule has 22 heavy (non-hydrogen) atoms. The Labute approximate surface area is 135 Å². The van der Waals surface area contributed by atoms with Crippen molar-refractivity contribution >= 4 is 24.3 Å². The maximum absolute atomic E-state index is 10.8. The topological polar surface area (TPSA) is 69.6 Å². The molecule has 0 bridgehead atoms. The van der Waals surface area contributed by atoms with E-state index in [1.165, 1.54) is 12.1 Å². The van der Waals surface area contributed by atoms with E-state index < -0.39 is 12.2 Å². The maximum Gasteiger partial charge on any atom is 0.335 e. The first-order valence-corrected chi connectivity index (χ1v) is 7.66. The van der Waals surface area contributed by atoms with E-state index in [0.29, 0.717) is 17.9 Å². The minimum Gasteiger partial charge on any atom is -0.478 e. The van der Waals surface area contributed by atoms with Gasteiger partial charge in [0.05, 0.1) is 5.56 Å². The highest BCUT2D eigenvalue weighted by atomic mass is 32.1. The Kier molecular flexibility index (Phi) is 5.86. The molecule has 0 spiro atoms. The Hall–Kier alpha value is -1.98. The third-order valence-electron chi connectivity index (χ3n) is 3.47. The number of rotatable bonds is 7. The van der Waals surface area contributed by atoms with Gasteiger partial charge in [-0.25, -0.2) is 4.79 Å². The first-order valence-electron chi connectivity index (χ1n) is 7.03. The molecule has 5 heteroatoms. The van der Waals surface area contributed by atoms with E-state index in [9.17, 15) is 9.90 Å². The molecule has 2 atom stereocenters. The van der Waals surface area contributed by atoms with Gasteiger partial charge in [-0.1, -0.05) is 30.3 Å². The van der Waals surface area contributed by atoms with E-state index in [2.05, 4.69) is 17.9 Å². The minimum absolute atomic E-state index is 0.0510. The van der Waals surface area contributed by atoms with Gasteiger partial charge >= 0.3 is 5.97 Å². The van der Waals surface area contributed by atoms with Crippen LogP contribution in [0.3, 0.4) is 0 Å². The van der Waals surface area contributed by atoms with Gasteiger partial charge in [-0.15, -0.1) is 0 Å². The average Bonchev–Trinajstić information content (AvgIpc) is 2.54. The number of benzene rings is 2. The monoisotopic (exact) mass is 317 g/mol. The Morgan fingerprint density at radius 1 is 1.09 bits per heavy atom. The first kappa shape index (κ1) is 16.4. The zero-order valence-corrected chi connectivity index (χ0v) is 12.9. The van der Waals surface area contributed by atoms with Crippen molar-refractivity contribution in [2.75, 3.05) is 11.1 Å². The van der Waals surface area contributed by atoms with E-state index in [1.54, 1.807) is 12.1 Å². The summed E-state index contributed by atoms with van der Waals surface area (Å²) < 4.78 is 0. The van der Waals surface area contributed by atoms with Crippen LogP contribution in [-0.4, -0.2) is 28.2 Å². The van der Waals surface area contributed by atoms with Gasteiger partial charge in [-0.3, -0.25) is 0 Å². The maximum atomic E-state index is 10.8. The lowest BCUT2D eigenvalue weighted by Gasteiger charge is -2.23. The summed E-state index contributed by atoms with van der Waals surface area (Å²) in [5, 5.41) is 22.2. The van der Waals surface area contributed by atoms with Crippen molar-refractivity contribution in [3.8, 4) is 0 Å². The van der Waals surface area contributed by atoms with Crippen molar-refractivity contribution < 1.29 is 15.0 Å². The van der Waals surface area contributed by atoms with E-state index in [1.807, 2.05) is 30.3 Å². The van der Waals surface area contributed by atoms with Crippen molar-refractivity contribution in [2.45, 2.75) is 12.6 Å². The Balaban J connectivity index is 1.99. The fourth-order valence-electron chi connectivity index (χ4n) is 2.19. The number of carbonyl (C=O) groups is 1. The summed E-state index contributed by atoms with van der Waals surface area (Å²) in [6.45, 7) is 0. The number of aliphatic hydroxyl groups excluding tert-OH is 1. The number of anilines is 1. The standard InChI is InChI=1S/C17H19NO3S/c19-16(14(11-22)10-12-4-2-1-3-5-12)18-15-8-6-13(7-9-15)17(20)21/h1-9,14,16,18-19,22H,10-11H2,(H,20,21). The van der Waals surface area contributed by atoms with Crippen LogP contribution >= 0.6 is 12.6 Å². The van der Waals surface area contributed by atoms with Crippen LogP contribution in [0.4, 0.5) is 5.69 Å². The van der Waals surface area contributed by atoms with E-state index in [4.69, 9.17) is 5.11 Å². The molecule has 0 aliphatic heterocycles. The lowest BCUT2D eigenvalue weighted by Crippen LogP contribution is -2.31. The second kappa shape index (κ2) is 7.87. The molecule has 0 saturated carbocycles. The minimum atomic E-state index is -0.968. The summed E-state index contributed by atoms with van der Waals surface area (Å²) in [4.78, 5) is 10.8. The number of aliphatic hydroxyl groups is 1. The van der Waals surface area contributed by atoms with Crippen LogP contribution in [0.2, 0.25) is 0 Å². The molecular formula is C17H19NO3S. The quantitative estimate of drug-likeness (QED) is 0.468. The molecule has 3 N–H and O–H groups in total. The van der Waals surface area contributed by atoms with Crippen molar-refractivity contribution in [2.24, 2.45) is 5.92 Å². The summed E-state index contributed by atoms with van der Waals surface area (Å²) in [6.07, 6.45) is -0.0421. The summed E-state index contributed by atoms with van der Waals surface area (Å²) in [7, 11) is 0.